The van der Waals surface area contributed by atoms with Crippen LogP contribution in [0.25, 0.3) is 0 Å². The first-order valence-electron chi connectivity index (χ1n) is 16.5. The second kappa shape index (κ2) is 35.6. The number of nitrogens with one attached hydrogen (secondary N) is 2. The van der Waals surface area contributed by atoms with Gasteiger partial charge in [-0.1, -0.05) is 0 Å². The Morgan fingerprint density at radius 3 is 1.00 bits per heavy atom. The summed E-state index contributed by atoms with van der Waals surface area (Å²) in [4.78, 5) is 33.1. The average Bonchev–Trinajstić information content (AvgIpc) is 3.04. The molecule has 0 radical (unpaired) electrons. The van der Waals surface area contributed by atoms with Crippen molar-refractivity contribution in [2.24, 2.45) is 0 Å². The van der Waals surface area contributed by atoms with Crippen molar-refractivity contribution in [3.8, 4) is 0 Å². The molecule has 3 N–H and O–H groups in total. The number of rotatable bonds is 37. The van der Waals surface area contributed by atoms with Crippen LogP contribution in [0.4, 0.5) is 4.79 Å². The average molecular weight is 717 g/mol. The van der Waals surface area contributed by atoms with Crippen molar-refractivity contribution >= 4 is 18.0 Å². The molecule has 18 heteroatoms. The minimum atomic E-state index is -1.13. The van der Waals surface area contributed by atoms with E-state index in [1.165, 1.54) is 0 Å². The Morgan fingerprint density at radius 2 is 0.714 bits per heavy atom. The van der Waals surface area contributed by atoms with Crippen molar-refractivity contribution in [2.45, 2.75) is 26.4 Å². The molecular weight excluding hydrogens is 656 g/mol. The van der Waals surface area contributed by atoms with Crippen molar-refractivity contribution < 1.29 is 76.3 Å². The zero-order chi connectivity index (χ0) is 36.1. The zero-order valence-electron chi connectivity index (χ0n) is 29.5. The van der Waals surface area contributed by atoms with Gasteiger partial charge in [0.1, 0.15) is 18.8 Å². The third-order valence-corrected chi connectivity index (χ3v) is 5.29. The first-order chi connectivity index (χ1) is 23.7. The highest BCUT2D eigenvalue weighted by molar-refractivity contribution is 5.77. The predicted molar refractivity (Wildman–Crippen MR) is 174 cm³/mol. The Kier molecular flexibility index (Phi) is 34.0. The molecule has 290 valence electrons. The molecule has 0 aliphatic rings. The van der Waals surface area contributed by atoms with E-state index in [-0.39, 0.29) is 6.61 Å². The van der Waals surface area contributed by atoms with E-state index in [1.807, 2.05) is 20.8 Å². The molecular formula is C31H60N2O16. The molecule has 2 amide bonds. The lowest BCUT2D eigenvalue weighted by Gasteiger charge is -2.19. The van der Waals surface area contributed by atoms with Crippen molar-refractivity contribution in [1.82, 2.24) is 10.6 Å². The number of aliphatic carboxylic acids is 1. The summed E-state index contributed by atoms with van der Waals surface area (Å²) in [7, 11) is 0. The van der Waals surface area contributed by atoms with Crippen LogP contribution in [0.2, 0.25) is 0 Å². The molecule has 0 bridgehead atoms. The van der Waals surface area contributed by atoms with Crippen LogP contribution >= 0.6 is 0 Å². The van der Waals surface area contributed by atoms with Gasteiger partial charge in [0.25, 0.3) is 0 Å². The van der Waals surface area contributed by atoms with Crippen molar-refractivity contribution in [3.63, 3.8) is 0 Å². The predicted octanol–water partition coefficient (Wildman–Crippen LogP) is -0.105. The van der Waals surface area contributed by atoms with E-state index in [2.05, 4.69) is 15.4 Å². The lowest BCUT2D eigenvalue weighted by atomic mass is 10.2. The summed E-state index contributed by atoms with van der Waals surface area (Å²) in [5.74, 6) is -1.53. The maximum Gasteiger partial charge on any atom is 0.407 e. The van der Waals surface area contributed by atoms with Gasteiger partial charge in [-0.15, -0.1) is 0 Å². The first-order valence-corrected chi connectivity index (χ1v) is 16.5. The van der Waals surface area contributed by atoms with Crippen LogP contribution < -0.4 is 10.6 Å². The van der Waals surface area contributed by atoms with Crippen LogP contribution in [0.15, 0.2) is 0 Å². The molecule has 0 fully saturated rings. The second-order valence-electron chi connectivity index (χ2n) is 10.8. The van der Waals surface area contributed by atoms with Gasteiger partial charge in [0.05, 0.1) is 132 Å². The van der Waals surface area contributed by atoms with Gasteiger partial charge in [-0.25, -0.2) is 9.59 Å². The quantitative estimate of drug-likeness (QED) is 0.0718. The smallest absolute Gasteiger partial charge is 0.407 e. The van der Waals surface area contributed by atoms with E-state index in [0.717, 1.165) is 0 Å². The summed E-state index contributed by atoms with van der Waals surface area (Å²) in [6.07, 6.45) is -0.461. The molecule has 0 heterocycles. The molecule has 0 unspecified atom stereocenters. The summed E-state index contributed by atoms with van der Waals surface area (Å²) in [5, 5.41) is 13.6. The van der Waals surface area contributed by atoms with E-state index in [1.54, 1.807) is 0 Å². The van der Waals surface area contributed by atoms with E-state index >= 15 is 0 Å². The Balaban J connectivity index is 3.14. The van der Waals surface area contributed by atoms with Gasteiger partial charge in [-0.2, -0.15) is 0 Å². The van der Waals surface area contributed by atoms with E-state index in [4.69, 9.17) is 57.2 Å². The normalized spacial score (nSPS) is 11.5. The zero-order valence-corrected chi connectivity index (χ0v) is 29.5. The molecule has 0 rings (SSSR count). The lowest BCUT2D eigenvalue weighted by molar-refractivity contribution is -0.143. The van der Waals surface area contributed by atoms with Crippen LogP contribution in [0, 0.1) is 0 Å². The highest BCUT2D eigenvalue weighted by Crippen LogP contribution is 2.06. The topological polar surface area (TPSA) is 206 Å². The Morgan fingerprint density at radius 1 is 0.429 bits per heavy atom. The van der Waals surface area contributed by atoms with E-state index in [9.17, 15) is 14.4 Å². The van der Waals surface area contributed by atoms with Crippen molar-refractivity contribution in [2.75, 3.05) is 158 Å². The number of carbonyl (C=O) groups excluding carboxylic acids is 2. The summed E-state index contributed by atoms with van der Waals surface area (Å²) in [6.45, 7) is 14.1. The Hall–Kier alpha value is -2.23. The number of carboxylic acid groups (broad SMARTS) is 1. The fourth-order valence-corrected chi connectivity index (χ4v) is 3.17. The monoisotopic (exact) mass is 716 g/mol. The van der Waals surface area contributed by atoms with Gasteiger partial charge < -0.3 is 72.6 Å². The molecule has 0 saturated carbocycles. The number of carboxylic acids is 1. The van der Waals surface area contributed by atoms with Gasteiger partial charge in [0.15, 0.2) is 0 Å². The van der Waals surface area contributed by atoms with Crippen LogP contribution in [0.3, 0.4) is 0 Å². The fourth-order valence-electron chi connectivity index (χ4n) is 3.17. The number of hydrogen-bond donors (Lipinski definition) is 3. The Bertz CT molecular complexity index is 772. The van der Waals surface area contributed by atoms with Crippen LogP contribution in [0.1, 0.15) is 20.8 Å². The standard InChI is InChI=1S/C31H60N2O16/c1-31(2,3)49-30(37)33-5-7-39-9-11-41-13-15-43-17-19-45-21-23-47-25-24-46-22-20-44-18-16-42-14-12-40-10-8-38-6-4-32-28(34)26-48-27-29(35)36/h4-27H2,1-3H3,(H,32,34)(H,33,37)(H,35,36). The third-order valence-electron chi connectivity index (χ3n) is 5.29. The maximum absolute atomic E-state index is 11.5. The van der Waals surface area contributed by atoms with Crippen LogP contribution in [0.5, 0.6) is 0 Å². The highest BCUT2D eigenvalue weighted by atomic mass is 16.6. The molecule has 0 aliphatic carbocycles. The summed E-state index contributed by atoms with van der Waals surface area (Å²) < 4.78 is 64.0. The van der Waals surface area contributed by atoms with Crippen molar-refractivity contribution in [1.29, 1.82) is 0 Å². The van der Waals surface area contributed by atoms with E-state index in [0.29, 0.717) is 145 Å². The van der Waals surface area contributed by atoms with Gasteiger partial charge in [0, 0.05) is 13.1 Å². The largest absolute Gasteiger partial charge is 0.480 e. The number of carbonyl (C=O) groups is 3. The lowest BCUT2D eigenvalue weighted by Crippen LogP contribution is -2.34. The molecule has 0 aromatic carbocycles. The third kappa shape index (κ3) is 41.9. The summed E-state index contributed by atoms with van der Waals surface area (Å²) >= 11 is 0. The summed E-state index contributed by atoms with van der Waals surface area (Å²) in [6, 6.07) is 0. The van der Waals surface area contributed by atoms with Crippen molar-refractivity contribution in [3.05, 3.63) is 0 Å². The number of ether oxygens (including phenoxy) is 12. The first kappa shape index (κ1) is 46.8. The highest BCUT2D eigenvalue weighted by Gasteiger charge is 2.15. The van der Waals surface area contributed by atoms with Gasteiger partial charge in [0.2, 0.25) is 5.91 Å². The molecule has 0 saturated heterocycles. The number of alkyl carbamates (subject to hydrolysis) is 1. The second-order valence-corrected chi connectivity index (χ2v) is 10.8. The van der Waals surface area contributed by atoms with Gasteiger partial charge >= 0.3 is 12.1 Å². The van der Waals surface area contributed by atoms with Crippen LogP contribution in [-0.4, -0.2) is 187 Å². The molecule has 49 heavy (non-hydrogen) atoms. The SMILES string of the molecule is CC(C)(C)OC(=O)NCCOCCOCCOCCOCCOCCOCCOCCOCCOCCOCCNC(=O)COCC(=O)O. The van der Waals surface area contributed by atoms with Gasteiger partial charge in [-0.3, -0.25) is 4.79 Å². The maximum atomic E-state index is 11.5. The van der Waals surface area contributed by atoms with Gasteiger partial charge in [-0.05, 0) is 20.8 Å². The molecule has 0 aromatic rings. The van der Waals surface area contributed by atoms with Crippen LogP contribution in [-0.2, 0) is 66.4 Å². The molecule has 0 aliphatic heterocycles. The van der Waals surface area contributed by atoms with E-state index < -0.39 is 30.2 Å². The molecule has 0 spiro atoms. The molecule has 0 atom stereocenters. The number of amides is 2. The molecule has 18 nitrogen and oxygen atoms in total. The fraction of sp³-hybridized carbons (Fsp3) is 0.903. The summed E-state index contributed by atoms with van der Waals surface area (Å²) in [5.41, 5.74) is -0.520. The minimum absolute atomic E-state index is 0.296. The minimum Gasteiger partial charge on any atom is -0.480 e. The Labute approximate surface area is 289 Å². The molecule has 0 aromatic heterocycles. The number of hydrogen-bond acceptors (Lipinski definition) is 15.